The summed E-state index contributed by atoms with van der Waals surface area (Å²) in [5.41, 5.74) is 0.606. The van der Waals surface area contributed by atoms with Gasteiger partial charge in [0.2, 0.25) is 10.0 Å². The maximum atomic E-state index is 12.2. The Bertz CT molecular complexity index is 799. The first-order chi connectivity index (χ1) is 10.3. The zero-order valence-corrected chi connectivity index (χ0v) is 13.5. The third-order valence-corrected chi connectivity index (χ3v) is 5.16. The lowest BCUT2D eigenvalue weighted by molar-refractivity contribution is 0.102. The highest BCUT2D eigenvalue weighted by Gasteiger charge is 2.16. The topological polar surface area (TPSA) is 108 Å². The van der Waals surface area contributed by atoms with Crippen LogP contribution in [0.3, 0.4) is 0 Å². The molecule has 3 N–H and O–H groups in total. The van der Waals surface area contributed by atoms with Crippen LogP contribution < -0.4 is 19.9 Å². The van der Waals surface area contributed by atoms with Gasteiger partial charge in [-0.25, -0.2) is 13.6 Å². The lowest BCUT2D eigenvalue weighted by Crippen LogP contribution is -2.13. The highest BCUT2D eigenvalue weighted by Crippen LogP contribution is 2.29. The first-order valence-electron chi connectivity index (χ1n) is 6.00. The van der Waals surface area contributed by atoms with Gasteiger partial charge in [-0.2, -0.15) is 0 Å². The number of methoxy groups -OCH3 is 2. The van der Waals surface area contributed by atoms with Crippen LogP contribution in [0.5, 0.6) is 11.5 Å². The summed E-state index contributed by atoms with van der Waals surface area (Å²) >= 11 is 0.883. The van der Waals surface area contributed by atoms with Crippen molar-refractivity contribution in [3.05, 3.63) is 35.2 Å². The molecule has 0 spiro atoms. The number of anilines is 1. The van der Waals surface area contributed by atoms with E-state index < -0.39 is 15.9 Å². The van der Waals surface area contributed by atoms with Crippen LogP contribution >= 0.6 is 11.3 Å². The lowest BCUT2D eigenvalue weighted by atomic mass is 10.2. The number of benzene rings is 1. The summed E-state index contributed by atoms with van der Waals surface area (Å²) in [6.45, 7) is 0. The van der Waals surface area contributed by atoms with E-state index >= 15 is 0 Å². The van der Waals surface area contributed by atoms with Crippen LogP contribution in [0.1, 0.15) is 10.4 Å². The number of ether oxygens (including phenoxy) is 2. The average molecular weight is 342 g/mol. The van der Waals surface area contributed by atoms with E-state index in [4.69, 9.17) is 14.6 Å². The third-order valence-electron chi connectivity index (χ3n) is 2.77. The number of rotatable bonds is 5. The number of carbonyl (C=O) groups is 1. The minimum atomic E-state index is -3.82. The van der Waals surface area contributed by atoms with Gasteiger partial charge in [-0.3, -0.25) is 4.79 Å². The molecule has 0 radical (unpaired) electrons. The molecule has 0 aliphatic rings. The molecule has 0 saturated carbocycles. The second kappa shape index (κ2) is 6.34. The lowest BCUT2D eigenvalue weighted by Gasteiger charge is -2.11. The fourth-order valence-electron chi connectivity index (χ4n) is 1.69. The van der Waals surface area contributed by atoms with E-state index in [9.17, 15) is 13.2 Å². The number of thiophene rings is 1. The number of hydrogen-bond acceptors (Lipinski definition) is 6. The van der Waals surface area contributed by atoms with E-state index in [1.54, 1.807) is 18.2 Å². The Morgan fingerprint density at radius 2 is 1.95 bits per heavy atom. The fourth-order valence-corrected chi connectivity index (χ4v) is 3.28. The van der Waals surface area contributed by atoms with Gasteiger partial charge in [0.25, 0.3) is 5.91 Å². The predicted molar refractivity (Wildman–Crippen MR) is 83.2 cm³/mol. The molecule has 22 heavy (non-hydrogen) atoms. The SMILES string of the molecule is COc1ccc(OC)c(NC(=O)c2csc(S(N)(=O)=O)c2)c1. The van der Waals surface area contributed by atoms with Crippen LogP contribution in [-0.4, -0.2) is 28.5 Å². The van der Waals surface area contributed by atoms with Crippen molar-refractivity contribution in [2.45, 2.75) is 4.21 Å². The molecule has 9 heteroatoms. The zero-order valence-electron chi connectivity index (χ0n) is 11.8. The Morgan fingerprint density at radius 3 is 2.50 bits per heavy atom. The van der Waals surface area contributed by atoms with Crippen molar-refractivity contribution in [1.82, 2.24) is 0 Å². The number of carbonyl (C=O) groups excluding carboxylic acids is 1. The zero-order chi connectivity index (χ0) is 16.3. The molecular formula is C13H14N2O5S2. The van der Waals surface area contributed by atoms with Gasteiger partial charge in [-0.15, -0.1) is 11.3 Å². The van der Waals surface area contributed by atoms with Gasteiger partial charge in [0.05, 0.1) is 25.5 Å². The summed E-state index contributed by atoms with van der Waals surface area (Å²) in [6.07, 6.45) is 0. The van der Waals surface area contributed by atoms with Crippen LogP contribution in [0.25, 0.3) is 0 Å². The van der Waals surface area contributed by atoms with Crippen molar-refractivity contribution >= 4 is 33.0 Å². The van der Waals surface area contributed by atoms with Crippen molar-refractivity contribution in [2.24, 2.45) is 5.14 Å². The van der Waals surface area contributed by atoms with Gasteiger partial charge in [0.1, 0.15) is 15.7 Å². The molecule has 0 fully saturated rings. The molecule has 7 nitrogen and oxygen atoms in total. The fraction of sp³-hybridized carbons (Fsp3) is 0.154. The normalized spacial score (nSPS) is 11.0. The molecular weight excluding hydrogens is 328 g/mol. The largest absolute Gasteiger partial charge is 0.497 e. The summed E-state index contributed by atoms with van der Waals surface area (Å²) in [6, 6.07) is 6.17. The van der Waals surface area contributed by atoms with E-state index in [0.29, 0.717) is 17.2 Å². The smallest absolute Gasteiger partial charge is 0.256 e. The van der Waals surface area contributed by atoms with Crippen LogP contribution in [0, 0.1) is 0 Å². The van der Waals surface area contributed by atoms with Crippen molar-refractivity contribution in [3.8, 4) is 11.5 Å². The number of nitrogens with two attached hydrogens (primary N) is 1. The second-order valence-corrected chi connectivity index (χ2v) is 6.92. The average Bonchev–Trinajstić information content (AvgIpc) is 2.97. The first-order valence-corrected chi connectivity index (χ1v) is 8.42. The predicted octanol–water partition coefficient (Wildman–Crippen LogP) is 1.67. The minimum Gasteiger partial charge on any atom is -0.497 e. The summed E-state index contributed by atoms with van der Waals surface area (Å²) in [5.74, 6) is 0.528. The maximum absolute atomic E-state index is 12.2. The Balaban J connectivity index is 2.27. The van der Waals surface area contributed by atoms with Gasteiger partial charge < -0.3 is 14.8 Å². The van der Waals surface area contributed by atoms with Gasteiger partial charge in [-0.05, 0) is 18.2 Å². The second-order valence-electron chi connectivity index (χ2n) is 4.22. The molecule has 0 unspecified atom stereocenters. The molecule has 2 rings (SSSR count). The summed E-state index contributed by atoms with van der Waals surface area (Å²) in [4.78, 5) is 12.2. The third kappa shape index (κ3) is 3.56. The van der Waals surface area contributed by atoms with Crippen molar-refractivity contribution in [1.29, 1.82) is 0 Å². The quantitative estimate of drug-likeness (QED) is 0.859. The van der Waals surface area contributed by atoms with Gasteiger partial charge in [0.15, 0.2) is 0 Å². The van der Waals surface area contributed by atoms with E-state index in [1.807, 2.05) is 0 Å². The minimum absolute atomic E-state index is 0.0738. The number of amides is 1. The molecule has 1 aromatic heterocycles. The Labute approximate surface area is 131 Å². The standard InChI is InChI=1S/C13H14N2O5S2/c1-19-9-3-4-11(20-2)10(6-9)15-13(16)8-5-12(21-7-8)22(14,17)18/h3-7H,1-2H3,(H,15,16)(H2,14,17,18). The highest BCUT2D eigenvalue weighted by atomic mass is 32.2. The molecule has 0 bridgehead atoms. The molecule has 0 aliphatic heterocycles. The number of nitrogens with one attached hydrogen (secondary N) is 1. The molecule has 1 aromatic carbocycles. The molecule has 1 heterocycles. The molecule has 118 valence electrons. The van der Waals surface area contributed by atoms with Gasteiger partial charge in [-0.1, -0.05) is 0 Å². The Morgan fingerprint density at radius 1 is 1.23 bits per heavy atom. The maximum Gasteiger partial charge on any atom is 0.256 e. The van der Waals surface area contributed by atoms with Crippen LogP contribution in [-0.2, 0) is 10.0 Å². The van der Waals surface area contributed by atoms with Crippen LogP contribution in [0.2, 0.25) is 0 Å². The van der Waals surface area contributed by atoms with Gasteiger partial charge in [0, 0.05) is 11.4 Å². The molecule has 1 amide bonds. The monoisotopic (exact) mass is 342 g/mol. The number of primary sulfonamides is 1. The highest BCUT2D eigenvalue weighted by molar-refractivity contribution is 7.91. The van der Waals surface area contributed by atoms with E-state index in [-0.39, 0.29) is 9.77 Å². The van der Waals surface area contributed by atoms with E-state index in [0.717, 1.165) is 11.3 Å². The van der Waals surface area contributed by atoms with Crippen molar-refractivity contribution in [2.75, 3.05) is 19.5 Å². The summed E-state index contributed by atoms with van der Waals surface area (Å²) in [7, 11) is -0.840. The van der Waals surface area contributed by atoms with E-state index in [2.05, 4.69) is 5.32 Å². The number of sulfonamides is 1. The Kier molecular flexibility index (Phi) is 4.69. The van der Waals surface area contributed by atoms with Crippen LogP contribution in [0.15, 0.2) is 33.9 Å². The van der Waals surface area contributed by atoms with Crippen molar-refractivity contribution < 1.29 is 22.7 Å². The van der Waals surface area contributed by atoms with Gasteiger partial charge >= 0.3 is 0 Å². The summed E-state index contributed by atoms with van der Waals surface area (Å²) < 4.78 is 32.6. The molecule has 0 aliphatic carbocycles. The van der Waals surface area contributed by atoms with Crippen molar-refractivity contribution in [3.63, 3.8) is 0 Å². The summed E-state index contributed by atoms with van der Waals surface area (Å²) in [5, 5.41) is 9.08. The molecule has 2 aromatic rings. The first kappa shape index (κ1) is 16.3. The Hall–Kier alpha value is -2.10. The molecule has 0 saturated heterocycles. The number of hydrogen-bond donors (Lipinski definition) is 2. The van der Waals surface area contributed by atoms with E-state index in [1.165, 1.54) is 25.7 Å². The van der Waals surface area contributed by atoms with Crippen LogP contribution in [0.4, 0.5) is 5.69 Å². The molecule has 0 atom stereocenters.